The van der Waals surface area contributed by atoms with Gasteiger partial charge in [0, 0.05) is 82.3 Å². The van der Waals surface area contributed by atoms with Gasteiger partial charge < -0.3 is 58.2 Å². The standard InChI is InChI=1S/C38H54ClN3O8S.C37H52ClN3O8S/c1-21-12-11-13-23(3)38(47)20-28(48-35(46)40-38)24(4)33-37(8,50-33)29(49-34(45)25(5)41(9)30(43)14-15-36(6,7)51)19-31(44)42(10)27-18-26(16-21)17-22(2)32(27)39;1-20-11-10-12-22(3)37(46)19-28(47-35(45)39-37)24(5)33-36(7,49-33)29(48-34(44)25(6)40(8)30(42)14-13-23(4)50)18-31(43)41(9)27-17-26(15-20)16-21(2)32(27)38/h11-13,17-18,23-25,28-29,33,47,51H,14-16,19-20H2,1-10H3,(H,40,46);10-12,16-17,22-25,28-29,33,46,50H,13-15,18-19H2,1-9H3,(H,39,45)/b13-11+,21-12+;12-10+,20-11+. The zero-order chi connectivity index (χ0) is 75.5. The van der Waals surface area contributed by atoms with E-state index in [1.165, 1.54) is 19.6 Å². The number of amides is 6. The Kier molecular flexibility index (Phi) is 26.8. The molecule has 4 saturated heterocycles. The topological polar surface area (TPSA) is 276 Å². The highest BCUT2D eigenvalue weighted by Gasteiger charge is 2.66. The maximum Gasteiger partial charge on any atom is 0.409 e. The summed E-state index contributed by atoms with van der Waals surface area (Å²) in [6, 6.07) is 5.80. The first-order chi connectivity index (χ1) is 46.8. The first kappa shape index (κ1) is 82.2. The molecular weight excluding hydrogens is 1380 g/mol. The van der Waals surface area contributed by atoms with Crippen molar-refractivity contribution in [3.63, 3.8) is 0 Å². The monoisotopic (exact) mass is 1480 g/mol. The van der Waals surface area contributed by atoms with Crippen molar-refractivity contribution < 1.29 is 77.0 Å². The van der Waals surface area contributed by atoms with Crippen molar-refractivity contribution in [1.29, 1.82) is 0 Å². The van der Waals surface area contributed by atoms with Crippen molar-refractivity contribution in [2.45, 2.75) is 249 Å². The molecule has 4 N–H and O–H groups in total. The molecule has 17 unspecified atom stereocenters. The molecule has 6 aliphatic rings. The third kappa shape index (κ3) is 20.0. The van der Waals surface area contributed by atoms with Crippen LogP contribution in [0.25, 0.3) is 0 Å². The van der Waals surface area contributed by atoms with E-state index in [1.54, 1.807) is 55.9 Å². The second-order valence-corrected chi connectivity index (χ2v) is 32.8. The number of thiol groups is 2. The van der Waals surface area contributed by atoms with Crippen LogP contribution in [0.5, 0.6) is 0 Å². The van der Waals surface area contributed by atoms with Crippen LogP contribution in [-0.4, -0.2) is 177 Å². The number of likely N-dealkylation sites (N-methyl/N-ethyl adjacent to an activating group) is 2. The number of hydrogen-bond acceptors (Lipinski definition) is 18. The molecule has 2 aromatic carbocycles. The third-order valence-electron chi connectivity index (χ3n) is 21.1. The molecule has 558 valence electrons. The van der Waals surface area contributed by atoms with Crippen LogP contribution in [0.1, 0.15) is 164 Å². The number of fused-ring (bicyclic) bond motifs is 10. The average Bonchev–Trinajstić information content (AvgIpc) is 1.58. The van der Waals surface area contributed by atoms with Gasteiger partial charge in [0.2, 0.25) is 23.6 Å². The number of anilines is 2. The Morgan fingerprint density at radius 1 is 0.663 bits per heavy atom. The van der Waals surface area contributed by atoms with E-state index in [9.17, 15) is 48.6 Å². The number of nitrogens with one attached hydrogen (secondary N) is 2. The Hall–Kier alpha value is -6.12. The molecule has 6 amide bonds. The lowest BCUT2D eigenvalue weighted by molar-refractivity contribution is -0.162. The van der Waals surface area contributed by atoms with E-state index < -0.39 is 119 Å². The largest absolute Gasteiger partial charge is 0.457 e. The minimum Gasteiger partial charge on any atom is -0.457 e. The number of epoxide rings is 2. The van der Waals surface area contributed by atoms with E-state index in [4.69, 9.17) is 51.6 Å². The number of nitrogens with zero attached hydrogens (tertiary/aromatic N) is 4. The average molecular weight is 1480 g/mol. The highest BCUT2D eigenvalue weighted by Crippen LogP contribution is 2.51. The van der Waals surface area contributed by atoms with Gasteiger partial charge in [-0.3, -0.25) is 29.8 Å². The summed E-state index contributed by atoms with van der Waals surface area (Å²) in [4.78, 5) is 112. The Bertz CT molecular complexity index is 3600. The van der Waals surface area contributed by atoms with Gasteiger partial charge in [-0.2, -0.15) is 25.3 Å². The Balaban J connectivity index is 0.000000283. The highest BCUT2D eigenvalue weighted by molar-refractivity contribution is 7.81. The summed E-state index contributed by atoms with van der Waals surface area (Å²) in [6.45, 7) is 27.4. The summed E-state index contributed by atoms with van der Waals surface area (Å²) in [5.41, 5.74) is 1.07. The number of aliphatic hydroxyl groups is 2. The summed E-state index contributed by atoms with van der Waals surface area (Å²) in [5, 5.41) is 29.4. The van der Waals surface area contributed by atoms with E-state index in [0.29, 0.717) is 47.1 Å². The molecule has 6 aliphatic heterocycles. The fourth-order valence-corrected chi connectivity index (χ4v) is 14.1. The Morgan fingerprint density at radius 2 is 1.03 bits per heavy atom. The molecule has 17 atom stereocenters. The van der Waals surface area contributed by atoms with Crippen molar-refractivity contribution in [2.24, 2.45) is 23.7 Å². The van der Waals surface area contributed by atoms with Gasteiger partial charge in [-0.1, -0.05) is 131 Å². The highest BCUT2D eigenvalue weighted by atomic mass is 35.5. The molecule has 22 nitrogen and oxygen atoms in total. The van der Waals surface area contributed by atoms with Crippen LogP contribution in [0.3, 0.4) is 0 Å². The summed E-state index contributed by atoms with van der Waals surface area (Å²) in [7, 11) is 6.34. The fourth-order valence-electron chi connectivity index (χ4n) is 13.4. The fraction of sp³-hybridized carbons (Fsp3) is 0.627. The lowest BCUT2D eigenvalue weighted by Crippen LogP contribution is -2.60. The lowest BCUT2D eigenvalue weighted by Gasteiger charge is -2.41. The number of alkyl carbamates (subject to hydrolysis) is 2. The number of esters is 2. The molecule has 2 aromatic rings. The van der Waals surface area contributed by atoms with Crippen LogP contribution < -0.4 is 20.4 Å². The molecular formula is C75H106Cl2N6O16S2. The van der Waals surface area contributed by atoms with Crippen molar-refractivity contribution in [2.75, 3.05) is 38.0 Å². The molecule has 0 spiro atoms. The number of carbonyl (C=O) groups is 8. The third-order valence-corrected chi connectivity index (χ3v) is 22.5. The number of ether oxygens (including phenoxy) is 6. The number of rotatable bonds is 12. The van der Waals surface area contributed by atoms with Gasteiger partial charge in [0.05, 0.1) is 46.5 Å². The molecule has 8 rings (SSSR count). The SMILES string of the molecule is C/C1=C\C=C\C(C)C2(O)CC(OC(=O)N2)C(C)C2OC2(C)C(OC(=O)C(C)N(C)C(=O)CCC(C)(C)S)CC(=O)N(C)c2cc(cc(C)c2Cl)C1.C/C1=C\C=C\C(C)C2(O)CC(OC(=O)N2)C(C)C2OC2(C)C(OC(=O)C(C)N(C)C(=O)CCC(C)S)CC(=O)N(C)c2cc(cc(C)c2Cl)C1. The zero-order valence-electron chi connectivity index (χ0n) is 61.9. The first-order valence-corrected chi connectivity index (χ1v) is 36.4. The lowest BCUT2D eigenvalue weighted by atomic mass is 9.82. The molecule has 0 saturated carbocycles. The summed E-state index contributed by atoms with van der Waals surface area (Å²) < 4.78 is 35.7. The molecule has 26 heteroatoms. The number of halogens is 2. The van der Waals surface area contributed by atoms with Crippen LogP contribution in [0.2, 0.25) is 10.0 Å². The Labute approximate surface area is 616 Å². The zero-order valence-corrected chi connectivity index (χ0v) is 65.2. The van der Waals surface area contributed by atoms with Gasteiger partial charge in [0.15, 0.2) is 0 Å². The number of aryl methyl sites for hydroxylation is 2. The van der Waals surface area contributed by atoms with Gasteiger partial charge in [0.25, 0.3) is 0 Å². The maximum atomic E-state index is 14.1. The smallest absolute Gasteiger partial charge is 0.409 e. The van der Waals surface area contributed by atoms with Crippen molar-refractivity contribution >= 4 is 108 Å². The van der Waals surface area contributed by atoms with Crippen molar-refractivity contribution in [3.05, 3.63) is 104 Å². The van der Waals surface area contributed by atoms with Crippen LogP contribution in [0, 0.1) is 37.5 Å². The van der Waals surface area contributed by atoms with Crippen LogP contribution in [-0.2, 0) is 70.0 Å². The summed E-state index contributed by atoms with van der Waals surface area (Å²) in [6.07, 6.45) is 7.21. The van der Waals surface area contributed by atoms with Crippen molar-refractivity contribution in [3.8, 4) is 0 Å². The van der Waals surface area contributed by atoms with Crippen LogP contribution in [0.4, 0.5) is 21.0 Å². The summed E-state index contributed by atoms with van der Waals surface area (Å²) >= 11 is 22.4. The van der Waals surface area contributed by atoms with Gasteiger partial charge in [-0.15, -0.1) is 0 Å². The molecule has 0 aromatic heterocycles. The van der Waals surface area contributed by atoms with Gasteiger partial charge in [-0.05, 0) is 121 Å². The second kappa shape index (κ2) is 32.9. The van der Waals surface area contributed by atoms with E-state index >= 15 is 0 Å². The van der Waals surface area contributed by atoms with E-state index in [0.717, 1.165) is 33.4 Å². The predicted octanol–water partition coefficient (Wildman–Crippen LogP) is 11.5. The van der Waals surface area contributed by atoms with E-state index in [-0.39, 0.29) is 72.2 Å². The van der Waals surface area contributed by atoms with Crippen molar-refractivity contribution in [1.82, 2.24) is 20.4 Å². The van der Waals surface area contributed by atoms with Crippen LogP contribution in [0.15, 0.2) is 71.9 Å². The number of allylic oxidation sites excluding steroid dienone is 6. The predicted molar refractivity (Wildman–Crippen MR) is 395 cm³/mol. The van der Waals surface area contributed by atoms with E-state index in [2.05, 4.69) is 35.9 Å². The first-order valence-electron chi connectivity index (χ1n) is 34.7. The Morgan fingerprint density at radius 3 is 1.39 bits per heavy atom. The molecule has 101 heavy (non-hydrogen) atoms. The molecule has 6 heterocycles. The quantitative estimate of drug-likeness (QED) is 0.0499. The van der Waals surface area contributed by atoms with E-state index in [1.807, 2.05) is 137 Å². The number of benzene rings is 2. The minimum absolute atomic E-state index is 0.0218. The molecule has 8 bridgehead atoms. The normalized spacial score (nSPS) is 32.7. The molecule has 0 aliphatic carbocycles. The minimum atomic E-state index is -1.60. The summed E-state index contributed by atoms with van der Waals surface area (Å²) in [5.74, 6) is -4.44. The van der Waals surface area contributed by atoms with Gasteiger partial charge >= 0.3 is 24.1 Å². The molecule has 4 fully saturated rings. The van der Waals surface area contributed by atoms with Crippen LogP contribution >= 0.6 is 48.5 Å². The number of hydrogen-bond donors (Lipinski definition) is 6. The molecule has 0 radical (unpaired) electrons. The maximum absolute atomic E-state index is 14.1. The second-order valence-electron chi connectivity index (χ2n) is 30.0. The number of carbonyl (C=O) groups excluding carboxylic acids is 8. The van der Waals surface area contributed by atoms with Gasteiger partial charge in [0.1, 0.15) is 59.2 Å². The van der Waals surface area contributed by atoms with Gasteiger partial charge in [-0.25, -0.2) is 19.2 Å².